The van der Waals surface area contributed by atoms with Gasteiger partial charge in [-0.2, -0.15) is 0 Å². The largest absolute Gasteiger partial charge is 0.478 e. The van der Waals surface area contributed by atoms with E-state index in [9.17, 15) is 14.0 Å². The molecule has 2 aromatic rings. The van der Waals surface area contributed by atoms with Gasteiger partial charge >= 0.3 is 5.97 Å². The van der Waals surface area contributed by atoms with Gasteiger partial charge < -0.3 is 10.4 Å². The number of benzene rings is 2. The average molecular weight is 328 g/mol. The van der Waals surface area contributed by atoms with Crippen molar-refractivity contribution in [1.29, 1.82) is 0 Å². The zero-order valence-electron chi connectivity index (χ0n) is 10.4. The molecule has 21 heavy (non-hydrogen) atoms. The maximum absolute atomic E-state index is 12.8. The van der Waals surface area contributed by atoms with Gasteiger partial charge in [0, 0.05) is 5.56 Å². The second-order valence-corrected chi connectivity index (χ2v) is 4.86. The molecule has 2 aromatic carbocycles. The van der Waals surface area contributed by atoms with Crippen molar-refractivity contribution < 1.29 is 19.1 Å². The number of carbonyl (C=O) groups excluding carboxylic acids is 1. The molecule has 0 radical (unpaired) electrons. The second kappa shape index (κ2) is 6.11. The molecule has 0 unspecified atom stereocenters. The summed E-state index contributed by atoms with van der Waals surface area (Å²) in [5.41, 5.74) is -0.255. The van der Waals surface area contributed by atoms with Crippen molar-refractivity contribution in [2.45, 2.75) is 0 Å². The smallest absolute Gasteiger partial charge is 0.339 e. The summed E-state index contributed by atoms with van der Waals surface area (Å²) < 4.78 is 12.8. The number of aromatic carboxylic acids is 1. The topological polar surface area (TPSA) is 66.4 Å². The van der Waals surface area contributed by atoms with Crippen LogP contribution in [0.2, 0.25) is 10.0 Å². The van der Waals surface area contributed by atoms with Crippen LogP contribution in [0.5, 0.6) is 0 Å². The van der Waals surface area contributed by atoms with E-state index in [-0.39, 0.29) is 26.9 Å². The summed E-state index contributed by atoms with van der Waals surface area (Å²) in [5.74, 6) is -2.43. The molecule has 0 aliphatic rings. The van der Waals surface area contributed by atoms with E-state index in [2.05, 4.69) is 5.32 Å². The molecule has 0 fully saturated rings. The quantitative estimate of drug-likeness (QED) is 0.892. The third-order valence-electron chi connectivity index (χ3n) is 2.66. The highest BCUT2D eigenvalue weighted by atomic mass is 35.5. The number of rotatable bonds is 3. The number of halogens is 3. The Hall–Kier alpha value is -2.11. The first kappa shape index (κ1) is 15.3. The summed E-state index contributed by atoms with van der Waals surface area (Å²) >= 11 is 11.7. The van der Waals surface area contributed by atoms with Gasteiger partial charge in [0.05, 0.1) is 15.7 Å². The number of carboxylic acid groups (broad SMARTS) is 1. The van der Waals surface area contributed by atoms with Gasteiger partial charge in [-0.05, 0) is 36.4 Å². The fourth-order valence-electron chi connectivity index (χ4n) is 1.67. The van der Waals surface area contributed by atoms with E-state index in [0.29, 0.717) is 0 Å². The zero-order chi connectivity index (χ0) is 15.6. The minimum absolute atomic E-state index is 0.0345. The Balaban J connectivity index is 2.39. The van der Waals surface area contributed by atoms with Gasteiger partial charge in [-0.25, -0.2) is 9.18 Å². The molecule has 0 atom stereocenters. The molecule has 108 valence electrons. The molecule has 0 aliphatic heterocycles. The summed E-state index contributed by atoms with van der Waals surface area (Å²) in [6, 6.07) is 7.46. The van der Waals surface area contributed by atoms with Crippen LogP contribution in [-0.4, -0.2) is 17.0 Å². The fourth-order valence-corrected chi connectivity index (χ4v) is 2.11. The first-order valence-corrected chi connectivity index (χ1v) is 6.44. The van der Waals surface area contributed by atoms with Crippen molar-refractivity contribution in [1.82, 2.24) is 0 Å². The number of carbonyl (C=O) groups is 2. The lowest BCUT2D eigenvalue weighted by Gasteiger charge is -2.11. The molecular weight excluding hydrogens is 320 g/mol. The van der Waals surface area contributed by atoms with Gasteiger partial charge in [0.2, 0.25) is 0 Å². The molecule has 0 saturated heterocycles. The molecule has 0 heterocycles. The van der Waals surface area contributed by atoms with Crippen LogP contribution >= 0.6 is 23.2 Å². The van der Waals surface area contributed by atoms with Crippen LogP contribution in [0.15, 0.2) is 36.4 Å². The fraction of sp³-hybridized carbons (Fsp3) is 0. The number of anilines is 1. The maximum Gasteiger partial charge on any atom is 0.339 e. The highest BCUT2D eigenvalue weighted by Crippen LogP contribution is 2.32. The molecule has 0 aromatic heterocycles. The predicted octanol–water partition coefficient (Wildman–Crippen LogP) is 4.08. The van der Waals surface area contributed by atoms with Crippen LogP contribution in [0.4, 0.5) is 10.1 Å². The van der Waals surface area contributed by atoms with Crippen molar-refractivity contribution in [3.05, 3.63) is 63.4 Å². The van der Waals surface area contributed by atoms with E-state index in [1.165, 1.54) is 24.3 Å². The summed E-state index contributed by atoms with van der Waals surface area (Å²) in [6.45, 7) is 0. The third-order valence-corrected chi connectivity index (χ3v) is 3.29. The first-order valence-electron chi connectivity index (χ1n) is 5.68. The minimum atomic E-state index is -1.32. The SMILES string of the molecule is O=C(Nc1c(Cl)ccc(Cl)c1C(=O)O)c1ccc(F)cc1. The monoisotopic (exact) mass is 327 g/mol. The minimum Gasteiger partial charge on any atom is -0.478 e. The predicted molar refractivity (Wildman–Crippen MR) is 77.8 cm³/mol. The van der Waals surface area contributed by atoms with Crippen LogP contribution in [0.1, 0.15) is 20.7 Å². The summed E-state index contributed by atoms with van der Waals surface area (Å²) in [6.07, 6.45) is 0. The lowest BCUT2D eigenvalue weighted by atomic mass is 10.1. The van der Waals surface area contributed by atoms with Gasteiger partial charge in [0.15, 0.2) is 0 Å². The summed E-state index contributed by atoms with van der Waals surface area (Å²) in [5, 5.41) is 11.5. The lowest BCUT2D eigenvalue weighted by Crippen LogP contribution is -2.15. The van der Waals surface area contributed by atoms with Crippen LogP contribution < -0.4 is 5.32 Å². The molecule has 7 heteroatoms. The number of hydrogen-bond donors (Lipinski definition) is 2. The van der Waals surface area contributed by atoms with Crippen LogP contribution in [0.3, 0.4) is 0 Å². The molecule has 2 N–H and O–H groups in total. The number of amides is 1. The average Bonchev–Trinajstić information content (AvgIpc) is 2.43. The Bertz CT molecular complexity index is 717. The van der Waals surface area contributed by atoms with E-state index >= 15 is 0 Å². The standard InChI is InChI=1S/C14H8Cl2FNO3/c15-9-5-6-10(16)12(11(9)14(20)21)18-13(19)7-1-3-8(17)4-2-7/h1-6H,(H,18,19)(H,20,21). The zero-order valence-corrected chi connectivity index (χ0v) is 11.9. The molecule has 1 amide bonds. The summed E-state index contributed by atoms with van der Waals surface area (Å²) in [7, 11) is 0. The van der Waals surface area contributed by atoms with Crippen LogP contribution in [-0.2, 0) is 0 Å². The van der Waals surface area contributed by atoms with Gasteiger partial charge in [0.1, 0.15) is 11.4 Å². The van der Waals surface area contributed by atoms with E-state index in [0.717, 1.165) is 12.1 Å². The Morgan fingerprint density at radius 1 is 1.00 bits per heavy atom. The lowest BCUT2D eigenvalue weighted by molar-refractivity contribution is 0.0698. The van der Waals surface area contributed by atoms with Crippen molar-refractivity contribution in [2.75, 3.05) is 5.32 Å². The highest BCUT2D eigenvalue weighted by Gasteiger charge is 2.20. The normalized spacial score (nSPS) is 10.2. The van der Waals surface area contributed by atoms with E-state index < -0.39 is 17.7 Å². The third kappa shape index (κ3) is 3.32. The molecular formula is C14H8Cl2FNO3. The Morgan fingerprint density at radius 3 is 2.14 bits per heavy atom. The Labute approximate surface area is 129 Å². The van der Waals surface area contributed by atoms with E-state index in [4.69, 9.17) is 28.3 Å². The molecule has 0 aliphatic carbocycles. The molecule has 4 nitrogen and oxygen atoms in total. The summed E-state index contributed by atoms with van der Waals surface area (Å²) in [4.78, 5) is 23.2. The maximum atomic E-state index is 12.8. The van der Waals surface area contributed by atoms with Gasteiger partial charge in [-0.15, -0.1) is 0 Å². The van der Waals surface area contributed by atoms with Crippen molar-refractivity contribution >= 4 is 40.8 Å². The molecule has 2 rings (SSSR count). The molecule has 0 saturated carbocycles. The van der Waals surface area contributed by atoms with Crippen molar-refractivity contribution in [3.63, 3.8) is 0 Å². The number of carboxylic acids is 1. The highest BCUT2D eigenvalue weighted by molar-refractivity contribution is 6.38. The van der Waals surface area contributed by atoms with Crippen molar-refractivity contribution in [3.8, 4) is 0 Å². The number of nitrogens with one attached hydrogen (secondary N) is 1. The van der Waals surface area contributed by atoms with Gasteiger partial charge in [0.25, 0.3) is 5.91 Å². The number of hydrogen-bond acceptors (Lipinski definition) is 2. The van der Waals surface area contributed by atoms with Crippen LogP contribution in [0.25, 0.3) is 0 Å². The Morgan fingerprint density at radius 2 is 1.57 bits per heavy atom. The van der Waals surface area contributed by atoms with Gasteiger partial charge in [-0.3, -0.25) is 4.79 Å². The van der Waals surface area contributed by atoms with E-state index in [1.54, 1.807) is 0 Å². The second-order valence-electron chi connectivity index (χ2n) is 4.05. The molecule has 0 spiro atoms. The Kier molecular flexibility index (Phi) is 4.45. The van der Waals surface area contributed by atoms with Crippen molar-refractivity contribution in [2.24, 2.45) is 0 Å². The van der Waals surface area contributed by atoms with Gasteiger partial charge in [-0.1, -0.05) is 23.2 Å². The molecule has 0 bridgehead atoms. The first-order chi connectivity index (χ1) is 9.90. The van der Waals surface area contributed by atoms with E-state index in [1.807, 2.05) is 0 Å². The van der Waals surface area contributed by atoms with Crippen LogP contribution in [0, 0.1) is 5.82 Å².